The summed E-state index contributed by atoms with van der Waals surface area (Å²) in [5, 5.41) is 3.49. The van der Waals surface area contributed by atoms with Gasteiger partial charge in [0.15, 0.2) is 0 Å². The van der Waals surface area contributed by atoms with Crippen LogP contribution >= 0.6 is 0 Å². The van der Waals surface area contributed by atoms with Crippen molar-refractivity contribution in [2.24, 2.45) is 5.92 Å². The van der Waals surface area contributed by atoms with Crippen LogP contribution in [0.5, 0.6) is 5.75 Å². The fourth-order valence-electron chi connectivity index (χ4n) is 1.93. The van der Waals surface area contributed by atoms with E-state index in [1.807, 2.05) is 19.2 Å². The second kappa shape index (κ2) is 5.91. The van der Waals surface area contributed by atoms with E-state index in [1.54, 1.807) is 0 Å². The van der Waals surface area contributed by atoms with Gasteiger partial charge >= 0.3 is 0 Å². The Kier molecular flexibility index (Phi) is 4.46. The standard InChI is InChI=1S/C16H26N2O/c1-12-9-15(19-8-7-13-5-6-13)14(10-17-12)11-18-16(2,3)4/h9-10,13,18H,5-8,11H2,1-4H3. The normalized spacial score (nSPS) is 15.6. The summed E-state index contributed by atoms with van der Waals surface area (Å²) in [6, 6.07) is 2.05. The molecule has 0 radical (unpaired) electrons. The Balaban J connectivity index is 1.95. The number of rotatable bonds is 6. The smallest absolute Gasteiger partial charge is 0.127 e. The number of aromatic nitrogens is 1. The molecular weight excluding hydrogens is 236 g/mol. The van der Waals surface area contributed by atoms with Gasteiger partial charge in [-0.05, 0) is 40.0 Å². The summed E-state index contributed by atoms with van der Waals surface area (Å²) in [6.07, 6.45) is 5.89. The van der Waals surface area contributed by atoms with Crippen LogP contribution in [0.2, 0.25) is 0 Å². The molecule has 3 heteroatoms. The molecular formula is C16H26N2O. The molecule has 106 valence electrons. The van der Waals surface area contributed by atoms with Crippen LogP contribution in [0.1, 0.15) is 51.3 Å². The number of aryl methyl sites for hydroxylation is 1. The predicted molar refractivity (Wildman–Crippen MR) is 78.4 cm³/mol. The van der Waals surface area contributed by atoms with Gasteiger partial charge in [-0.2, -0.15) is 0 Å². The van der Waals surface area contributed by atoms with Crippen molar-refractivity contribution in [2.45, 2.75) is 59.0 Å². The third kappa shape index (κ3) is 5.19. The average Bonchev–Trinajstić information content (AvgIpc) is 3.11. The molecule has 1 aliphatic rings. The van der Waals surface area contributed by atoms with Gasteiger partial charge in [-0.25, -0.2) is 0 Å². The summed E-state index contributed by atoms with van der Waals surface area (Å²) >= 11 is 0. The molecule has 1 N–H and O–H groups in total. The molecule has 1 aromatic heterocycles. The van der Waals surface area contributed by atoms with E-state index >= 15 is 0 Å². The summed E-state index contributed by atoms with van der Waals surface area (Å²) in [6.45, 7) is 10.1. The van der Waals surface area contributed by atoms with E-state index < -0.39 is 0 Å². The Labute approximate surface area is 116 Å². The zero-order valence-corrected chi connectivity index (χ0v) is 12.6. The van der Waals surface area contributed by atoms with E-state index in [4.69, 9.17) is 4.74 Å². The van der Waals surface area contributed by atoms with Crippen molar-refractivity contribution in [3.05, 3.63) is 23.5 Å². The van der Waals surface area contributed by atoms with Crippen LogP contribution in [0, 0.1) is 12.8 Å². The van der Waals surface area contributed by atoms with Gasteiger partial charge < -0.3 is 10.1 Å². The topological polar surface area (TPSA) is 34.1 Å². The van der Waals surface area contributed by atoms with Gasteiger partial charge in [0.2, 0.25) is 0 Å². The molecule has 0 aromatic carbocycles. The van der Waals surface area contributed by atoms with Crippen molar-refractivity contribution < 1.29 is 4.74 Å². The van der Waals surface area contributed by atoms with Crippen LogP contribution in [-0.2, 0) is 6.54 Å². The lowest BCUT2D eigenvalue weighted by atomic mass is 10.1. The van der Waals surface area contributed by atoms with E-state index in [-0.39, 0.29) is 5.54 Å². The van der Waals surface area contributed by atoms with Crippen molar-refractivity contribution in [3.8, 4) is 5.75 Å². The van der Waals surface area contributed by atoms with Gasteiger partial charge in [0.25, 0.3) is 0 Å². The minimum atomic E-state index is 0.107. The van der Waals surface area contributed by atoms with E-state index in [0.717, 1.165) is 36.1 Å². The van der Waals surface area contributed by atoms with Crippen molar-refractivity contribution >= 4 is 0 Å². The molecule has 0 atom stereocenters. The molecule has 2 rings (SSSR count). The van der Waals surface area contributed by atoms with Crippen molar-refractivity contribution in [1.82, 2.24) is 10.3 Å². The predicted octanol–water partition coefficient (Wildman–Crippen LogP) is 3.46. The highest BCUT2D eigenvalue weighted by atomic mass is 16.5. The fourth-order valence-corrected chi connectivity index (χ4v) is 1.93. The Morgan fingerprint density at radius 2 is 2.11 bits per heavy atom. The quantitative estimate of drug-likeness (QED) is 0.852. The molecule has 1 saturated carbocycles. The molecule has 3 nitrogen and oxygen atoms in total. The summed E-state index contributed by atoms with van der Waals surface area (Å²) in [7, 11) is 0. The van der Waals surface area contributed by atoms with Crippen molar-refractivity contribution in [1.29, 1.82) is 0 Å². The fraction of sp³-hybridized carbons (Fsp3) is 0.688. The van der Waals surface area contributed by atoms with Crippen molar-refractivity contribution in [3.63, 3.8) is 0 Å². The van der Waals surface area contributed by atoms with Gasteiger partial charge in [0.1, 0.15) is 5.75 Å². The lowest BCUT2D eigenvalue weighted by molar-refractivity contribution is 0.296. The highest BCUT2D eigenvalue weighted by molar-refractivity contribution is 5.32. The second-order valence-electron chi connectivity index (χ2n) is 6.62. The molecule has 19 heavy (non-hydrogen) atoms. The van der Waals surface area contributed by atoms with Crippen LogP contribution < -0.4 is 10.1 Å². The molecule has 1 aliphatic carbocycles. The molecule has 0 spiro atoms. The molecule has 0 saturated heterocycles. The van der Waals surface area contributed by atoms with Crippen LogP contribution in [0.3, 0.4) is 0 Å². The van der Waals surface area contributed by atoms with E-state index in [1.165, 1.54) is 19.3 Å². The number of nitrogens with zero attached hydrogens (tertiary/aromatic N) is 1. The van der Waals surface area contributed by atoms with Gasteiger partial charge in [-0.15, -0.1) is 0 Å². The number of hydrogen-bond donors (Lipinski definition) is 1. The SMILES string of the molecule is Cc1cc(OCCC2CC2)c(CNC(C)(C)C)cn1. The van der Waals surface area contributed by atoms with Gasteiger partial charge in [0, 0.05) is 35.6 Å². The molecule has 0 unspecified atom stereocenters. The number of hydrogen-bond acceptors (Lipinski definition) is 3. The Morgan fingerprint density at radius 1 is 1.37 bits per heavy atom. The lowest BCUT2D eigenvalue weighted by Gasteiger charge is -2.21. The first-order valence-corrected chi connectivity index (χ1v) is 7.27. The third-order valence-corrected chi connectivity index (χ3v) is 3.37. The summed E-state index contributed by atoms with van der Waals surface area (Å²) in [5.74, 6) is 1.91. The highest BCUT2D eigenvalue weighted by Gasteiger charge is 2.21. The first kappa shape index (κ1) is 14.3. The molecule has 0 aliphatic heterocycles. The molecule has 0 amide bonds. The molecule has 0 bridgehead atoms. The van der Waals surface area contributed by atoms with Gasteiger partial charge in [-0.1, -0.05) is 12.8 Å². The van der Waals surface area contributed by atoms with E-state index in [2.05, 4.69) is 31.1 Å². The highest BCUT2D eigenvalue weighted by Crippen LogP contribution is 2.32. The Bertz CT molecular complexity index is 419. The maximum Gasteiger partial charge on any atom is 0.127 e. The Morgan fingerprint density at radius 3 is 2.74 bits per heavy atom. The number of pyridine rings is 1. The van der Waals surface area contributed by atoms with E-state index in [9.17, 15) is 0 Å². The van der Waals surface area contributed by atoms with E-state index in [0.29, 0.717) is 0 Å². The monoisotopic (exact) mass is 262 g/mol. The van der Waals surface area contributed by atoms with Gasteiger partial charge in [0.05, 0.1) is 6.61 Å². The van der Waals surface area contributed by atoms with Crippen LogP contribution in [0.4, 0.5) is 0 Å². The average molecular weight is 262 g/mol. The number of ether oxygens (including phenoxy) is 1. The number of nitrogens with one attached hydrogen (secondary N) is 1. The minimum Gasteiger partial charge on any atom is -0.493 e. The Hall–Kier alpha value is -1.09. The van der Waals surface area contributed by atoms with Crippen LogP contribution in [0.25, 0.3) is 0 Å². The third-order valence-electron chi connectivity index (χ3n) is 3.37. The summed E-state index contributed by atoms with van der Waals surface area (Å²) in [5.41, 5.74) is 2.27. The maximum absolute atomic E-state index is 5.95. The zero-order chi connectivity index (χ0) is 13.9. The molecule has 1 fully saturated rings. The maximum atomic E-state index is 5.95. The van der Waals surface area contributed by atoms with Crippen LogP contribution in [0.15, 0.2) is 12.3 Å². The van der Waals surface area contributed by atoms with Gasteiger partial charge in [-0.3, -0.25) is 4.98 Å². The van der Waals surface area contributed by atoms with Crippen LogP contribution in [-0.4, -0.2) is 17.1 Å². The van der Waals surface area contributed by atoms with Crippen molar-refractivity contribution in [2.75, 3.05) is 6.61 Å². The largest absolute Gasteiger partial charge is 0.493 e. The first-order chi connectivity index (χ1) is 8.94. The zero-order valence-electron chi connectivity index (χ0n) is 12.6. The first-order valence-electron chi connectivity index (χ1n) is 7.27. The molecule has 1 heterocycles. The summed E-state index contributed by atoms with van der Waals surface area (Å²) < 4.78 is 5.95. The lowest BCUT2D eigenvalue weighted by Crippen LogP contribution is -2.35. The molecule has 1 aromatic rings. The second-order valence-corrected chi connectivity index (χ2v) is 6.62. The minimum absolute atomic E-state index is 0.107. The summed E-state index contributed by atoms with van der Waals surface area (Å²) in [4.78, 5) is 4.38.